The summed E-state index contributed by atoms with van der Waals surface area (Å²) in [6.45, 7) is 1.28. The van der Waals surface area contributed by atoms with Crippen LogP contribution in [0.15, 0.2) is 90.1 Å². The van der Waals surface area contributed by atoms with Crippen LogP contribution >= 0.6 is 0 Å². The highest BCUT2D eigenvalue weighted by atomic mass is 16.7. The zero-order valence-electron chi connectivity index (χ0n) is 15.1. The van der Waals surface area contributed by atoms with Crippen molar-refractivity contribution in [1.82, 2.24) is 4.90 Å². The summed E-state index contributed by atoms with van der Waals surface area (Å²) in [7, 11) is 0. The molecule has 1 unspecified atom stereocenters. The molecule has 1 aliphatic rings. The fourth-order valence-corrected chi connectivity index (χ4v) is 3.25. The van der Waals surface area contributed by atoms with E-state index in [4.69, 9.17) is 4.84 Å². The van der Waals surface area contributed by atoms with Crippen LogP contribution in [-0.2, 0) is 11.4 Å². The van der Waals surface area contributed by atoms with Crippen molar-refractivity contribution in [2.45, 2.75) is 12.8 Å². The predicted octanol–water partition coefficient (Wildman–Crippen LogP) is 4.53. The van der Waals surface area contributed by atoms with E-state index in [1.807, 2.05) is 48.5 Å². The topological polar surface area (TPSA) is 68.0 Å². The van der Waals surface area contributed by atoms with Gasteiger partial charge in [-0.1, -0.05) is 65.8 Å². The lowest BCUT2D eigenvalue weighted by molar-refractivity contribution is -0.384. The van der Waals surface area contributed by atoms with E-state index >= 15 is 0 Å². The highest BCUT2D eigenvalue weighted by molar-refractivity contribution is 6.02. The third-order valence-electron chi connectivity index (χ3n) is 4.67. The van der Waals surface area contributed by atoms with Crippen LogP contribution < -0.4 is 0 Å². The van der Waals surface area contributed by atoms with E-state index in [2.05, 4.69) is 22.2 Å². The minimum Gasteiger partial charge on any atom is -0.371 e. The Morgan fingerprint density at radius 1 is 0.964 bits per heavy atom. The lowest BCUT2D eigenvalue weighted by atomic mass is 10.1. The summed E-state index contributed by atoms with van der Waals surface area (Å²) in [5.74, 6) is 0. The molecule has 0 fully saturated rings. The van der Waals surface area contributed by atoms with Crippen molar-refractivity contribution in [3.8, 4) is 0 Å². The van der Waals surface area contributed by atoms with Gasteiger partial charge >= 0.3 is 0 Å². The molecule has 6 heteroatoms. The summed E-state index contributed by atoms with van der Waals surface area (Å²) in [5, 5.41) is 15.2. The molecule has 0 bridgehead atoms. The Morgan fingerprint density at radius 2 is 1.61 bits per heavy atom. The molecule has 28 heavy (non-hydrogen) atoms. The molecule has 0 N–H and O–H groups in total. The number of hydrogen-bond donors (Lipinski definition) is 0. The van der Waals surface area contributed by atoms with Gasteiger partial charge in [0, 0.05) is 36.3 Å². The van der Waals surface area contributed by atoms with Gasteiger partial charge in [0.1, 0.15) is 5.71 Å². The van der Waals surface area contributed by atoms with Crippen molar-refractivity contribution in [1.29, 1.82) is 0 Å². The summed E-state index contributed by atoms with van der Waals surface area (Å²) in [4.78, 5) is 18.6. The van der Waals surface area contributed by atoms with Gasteiger partial charge in [-0.3, -0.25) is 15.0 Å². The lowest BCUT2D eigenvalue weighted by Gasteiger charge is -2.34. The van der Waals surface area contributed by atoms with Crippen molar-refractivity contribution in [2.75, 3.05) is 6.54 Å². The van der Waals surface area contributed by atoms with Crippen LogP contribution in [-0.4, -0.2) is 22.1 Å². The predicted molar refractivity (Wildman–Crippen MR) is 107 cm³/mol. The normalized spacial score (nSPS) is 16.9. The second kappa shape index (κ2) is 8.02. The first-order valence-corrected chi connectivity index (χ1v) is 9.01. The number of nitrogens with zero attached hydrogens (tertiary/aromatic N) is 3. The Labute approximate surface area is 162 Å². The molecular formula is C22H19N3O3. The van der Waals surface area contributed by atoms with E-state index in [9.17, 15) is 10.1 Å². The molecule has 1 heterocycles. The number of nitro benzene ring substituents is 1. The number of rotatable bonds is 5. The molecule has 0 aromatic heterocycles. The van der Waals surface area contributed by atoms with Crippen LogP contribution in [0.25, 0.3) is 0 Å². The molecule has 0 saturated carbocycles. The smallest absolute Gasteiger partial charge is 0.269 e. The van der Waals surface area contributed by atoms with Gasteiger partial charge in [0.05, 0.1) is 4.92 Å². The van der Waals surface area contributed by atoms with Crippen LogP contribution in [0, 0.1) is 10.1 Å². The third kappa shape index (κ3) is 3.92. The Kier molecular flexibility index (Phi) is 5.12. The van der Waals surface area contributed by atoms with E-state index in [-0.39, 0.29) is 11.9 Å². The largest absolute Gasteiger partial charge is 0.371 e. The minimum absolute atomic E-state index is 0.0596. The molecule has 1 atom stereocenters. The standard InChI is InChI=1S/C22H19N3O3/c26-25(27)20-13-11-18(12-14-20)21-16-24(15-17-7-3-1-4-8-17)22(28-23-21)19-9-5-2-6-10-19/h1-14,22H,15-16H2. The van der Waals surface area contributed by atoms with E-state index in [1.54, 1.807) is 12.1 Å². The Bertz CT molecular complexity index is 973. The van der Waals surface area contributed by atoms with Crippen molar-refractivity contribution in [3.63, 3.8) is 0 Å². The molecule has 140 valence electrons. The molecule has 0 spiro atoms. The van der Waals surface area contributed by atoms with Crippen LogP contribution in [0.1, 0.15) is 22.9 Å². The summed E-state index contributed by atoms with van der Waals surface area (Å²) in [6.07, 6.45) is -0.289. The van der Waals surface area contributed by atoms with Crippen LogP contribution in [0.4, 0.5) is 5.69 Å². The second-order valence-electron chi connectivity index (χ2n) is 6.60. The molecule has 6 nitrogen and oxygen atoms in total. The van der Waals surface area contributed by atoms with E-state index in [0.29, 0.717) is 13.1 Å². The van der Waals surface area contributed by atoms with Gasteiger partial charge in [0.15, 0.2) is 0 Å². The Morgan fingerprint density at radius 3 is 2.25 bits per heavy atom. The maximum absolute atomic E-state index is 10.9. The van der Waals surface area contributed by atoms with E-state index in [1.165, 1.54) is 17.7 Å². The van der Waals surface area contributed by atoms with Gasteiger partial charge in [-0.2, -0.15) is 0 Å². The Balaban J connectivity index is 1.62. The first-order valence-electron chi connectivity index (χ1n) is 9.01. The molecular weight excluding hydrogens is 354 g/mol. The van der Waals surface area contributed by atoms with Gasteiger partial charge in [-0.05, 0) is 17.7 Å². The van der Waals surface area contributed by atoms with Gasteiger partial charge in [-0.25, -0.2) is 0 Å². The first kappa shape index (κ1) is 17.9. The third-order valence-corrected chi connectivity index (χ3v) is 4.67. The maximum Gasteiger partial charge on any atom is 0.269 e. The van der Waals surface area contributed by atoms with Crippen LogP contribution in [0.5, 0.6) is 0 Å². The van der Waals surface area contributed by atoms with E-state index < -0.39 is 4.92 Å². The number of oxime groups is 1. The molecule has 0 amide bonds. The first-order chi connectivity index (χ1) is 13.7. The fourth-order valence-electron chi connectivity index (χ4n) is 3.25. The SMILES string of the molecule is O=[N+]([O-])c1ccc(C2=NOC(c3ccccc3)N(Cc3ccccc3)C2)cc1. The van der Waals surface area contributed by atoms with Crippen molar-refractivity contribution < 1.29 is 9.76 Å². The maximum atomic E-state index is 10.9. The molecule has 3 aromatic rings. The quantitative estimate of drug-likeness (QED) is 0.487. The highest BCUT2D eigenvalue weighted by Gasteiger charge is 2.28. The lowest BCUT2D eigenvalue weighted by Crippen LogP contribution is -2.38. The van der Waals surface area contributed by atoms with Gasteiger partial charge < -0.3 is 4.84 Å². The van der Waals surface area contributed by atoms with Crippen molar-refractivity contribution in [3.05, 3.63) is 112 Å². The molecule has 4 rings (SSSR count). The van der Waals surface area contributed by atoms with Gasteiger partial charge in [-0.15, -0.1) is 0 Å². The summed E-state index contributed by atoms with van der Waals surface area (Å²) in [6, 6.07) is 26.6. The van der Waals surface area contributed by atoms with E-state index in [0.717, 1.165) is 16.8 Å². The second-order valence-corrected chi connectivity index (χ2v) is 6.60. The summed E-state index contributed by atoms with van der Waals surface area (Å²) >= 11 is 0. The monoisotopic (exact) mass is 373 g/mol. The van der Waals surface area contributed by atoms with Crippen molar-refractivity contribution >= 4 is 11.4 Å². The Hall–Kier alpha value is -3.51. The molecule has 1 aliphatic heterocycles. The number of nitro groups is 1. The summed E-state index contributed by atoms with van der Waals surface area (Å²) < 4.78 is 0. The molecule has 0 aliphatic carbocycles. The van der Waals surface area contributed by atoms with Gasteiger partial charge in [0.2, 0.25) is 6.23 Å². The highest BCUT2D eigenvalue weighted by Crippen LogP contribution is 2.28. The van der Waals surface area contributed by atoms with Crippen molar-refractivity contribution in [2.24, 2.45) is 5.16 Å². The average molecular weight is 373 g/mol. The van der Waals surface area contributed by atoms with Gasteiger partial charge in [0.25, 0.3) is 5.69 Å². The minimum atomic E-state index is -0.407. The number of non-ortho nitro benzene ring substituents is 1. The zero-order chi connectivity index (χ0) is 19.3. The fraction of sp³-hybridized carbons (Fsp3) is 0.136. The van der Waals surface area contributed by atoms with Crippen LogP contribution in [0.3, 0.4) is 0 Å². The molecule has 3 aromatic carbocycles. The number of hydrogen-bond acceptors (Lipinski definition) is 5. The summed E-state index contributed by atoms with van der Waals surface area (Å²) in [5.41, 5.74) is 3.83. The zero-order valence-corrected chi connectivity index (χ0v) is 15.1. The molecule has 0 saturated heterocycles. The molecule has 0 radical (unpaired) electrons. The number of benzene rings is 3. The van der Waals surface area contributed by atoms with Crippen LogP contribution in [0.2, 0.25) is 0 Å². The average Bonchev–Trinajstić information content (AvgIpc) is 2.75.